The zero-order valence-electron chi connectivity index (χ0n) is 13.5. The number of aliphatic hydroxyl groups excluding tert-OH is 1. The summed E-state index contributed by atoms with van der Waals surface area (Å²) < 4.78 is 5.79. The molecule has 2 atom stereocenters. The van der Waals surface area contributed by atoms with Crippen molar-refractivity contribution in [2.24, 2.45) is 0 Å². The molecule has 1 N–H and O–H groups in total. The molecule has 0 aliphatic carbocycles. The Morgan fingerprint density at radius 1 is 1.23 bits per heavy atom. The molecule has 1 amide bonds. The number of nitrogens with zero attached hydrogens (tertiary/aromatic N) is 2. The fourth-order valence-electron chi connectivity index (χ4n) is 3.46. The molecular formula is C17H24N2O3. The van der Waals surface area contributed by atoms with Gasteiger partial charge in [0.05, 0.1) is 6.04 Å². The molecule has 2 aliphatic heterocycles. The number of carbonyl (C=O) groups excluding carboxylic acids is 1. The zero-order chi connectivity index (χ0) is 15.9. The van der Waals surface area contributed by atoms with E-state index in [1.807, 2.05) is 4.90 Å². The molecule has 0 bridgehead atoms. The van der Waals surface area contributed by atoms with Crippen LogP contribution in [-0.2, 0) is 4.79 Å². The first kappa shape index (κ1) is 15.3. The second-order valence-corrected chi connectivity index (χ2v) is 6.29. The molecule has 5 nitrogen and oxygen atoms in total. The standard InChI is InChI=1S/C17H24N2O3/c1-11-4-5-14-16(15(21)10-22-17(14)12(11)2)19-8-6-18(7-9-19)13(3)20/h4-5,15-16,21H,6-10H2,1-3H3. The summed E-state index contributed by atoms with van der Waals surface area (Å²) in [5.41, 5.74) is 3.42. The van der Waals surface area contributed by atoms with E-state index in [1.54, 1.807) is 6.92 Å². The van der Waals surface area contributed by atoms with E-state index in [9.17, 15) is 9.90 Å². The Kier molecular flexibility index (Phi) is 4.10. The van der Waals surface area contributed by atoms with Crippen LogP contribution in [0.5, 0.6) is 5.75 Å². The molecule has 1 fully saturated rings. The van der Waals surface area contributed by atoms with Crippen LogP contribution >= 0.6 is 0 Å². The largest absolute Gasteiger partial charge is 0.490 e. The quantitative estimate of drug-likeness (QED) is 0.849. The lowest BCUT2D eigenvalue weighted by atomic mass is 9.92. The Hall–Kier alpha value is -1.59. The molecule has 2 aliphatic rings. The molecule has 1 aromatic carbocycles. The topological polar surface area (TPSA) is 53.0 Å². The number of aliphatic hydroxyl groups is 1. The molecule has 1 saturated heterocycles. The van der Waals surface area contributed by atoms with Crippen LogP contribution in [0.15, 0.2) is 12.1 Å². The first-order valence-electron chi connectivity index (χ1n) is 7.89. The fourth-order valence-corrected chi connectivity index (χ4v) is 3.46. The number of fused-ring (bicyclic) bond motifs is 1. The van der Waals surface area contributed by atoms with Gasteiger partial charge in [0.1, 0.15) is 18.5 Å². The maximum absolute atomic E-state index is 11.5. The van der Waals surface area contributed by atoms with E-state index in [1.165, 1.54) is 5.56 Å². The van der Waals surface area contributed by atoms with E-state index in [0.717, 1.165) is 43.1 Å². The van der Waals surface area contributed by atoms with Gasteiger partial charge in [-0.2, -0.15) is 0 Å². The highest BCUT2D eigenvalue weighted by Crippen LogP contribution is 2.39. The molecule has 2 unspecified atom stereocenters. The van der Waals surface area contributed by atoms with Gasteiger partial charge >= 0.3 is 0 Å². The lowest BCUT2D eigenvalue weighted by Crippen LogP contribution is -2.52. The highest BCUT2D eigenvalue weighted by atomic mass is 16.5. The molecule has 120 valence electrons. The maximum atomic E-state index is 11.5. The predicted octanol–water partition coefficient (Wildman–Crippen LogP) is 1.26. The van der Waals surface area contributed by atoms with Crippen LogP contribution in [0.4, 0.5) is 0 Å². The Balaban J connectivity index is 1.86. The number of hydrogen-bond acceptors (Lipinski definition) is 4. The summed E-state index contributed by atoms with van der Waals surface area (Å²) in [4.78, 5) is 15.6. The van der Waals surface area contributed by atoms with Gasteiger partial charge in [0.25, 0.3) is 0 Å². The van der Waals surface area contributed by atoms with E-state index in [4.69, 9.17) is 4.74 Å². The number of ether oxygens (including phenoxy) is 1. The van der Waals surface area contributed by atoms with Gasteiger partial charge in [-0.05, 0) is 25.0 Å². The van der Waals surface area contributed by atoms with Gasteiger partial charge < -0.3 is 14.7 Å². The Morgan fingerprint density at radius 3 is 2.55 bits per heavy atom. The van der Waals surface area contributed by atoms with E-state index < -0.39 is 6.10 Å². The second kappa shape index (κ2) is 5.89. The van der Waals surface area contributed by atoms with Crippen LogP contribution in [0.3, 0.4) is 0 Å². The lowest BCUT2D eigenvalue weighted by molar-refractivity contribution is -0.131. The van der Waals surface area contributed by atoms with Crippen molar-refractivity contribution >= 4 is 5.91 Å². The number of aryl methyl sites for hydroxylation is 1. The van der Waals surface area contributed by atoms with Gasteiger partial charge in [0.2, 0.25) is 5.91 Å². The highest BCUT2D eigenvalue weighted by molar-refractivity contribution is 5.73. The summed E-state index contributed by atoms with van der Waals surface area (Å²) in [6, 6.07) is 4.12. The predicted molar refractivity (Wildman–Crippen MR) is 84.0 cm³/mol. The molecule has 3 rings (SSSR count). The van der Waals surface area contributed by atoms with Crippen molar-refractivity contribution in [3.05, 3.63) is 28.8 Å². The summed E-state index contributed by atoms with van der Waals surface area (Å²) in [5, 5.41) is 10.5. The normalized spacial score (nSPS) is 25.5. The lowest BCUT2D eigenvalue weighted by Gasteiger charge is -2.43. The van der Waals surface area contributed by atoms with Crippen molar-refractivity contribution in [3.63, 3.8) is 0 Å². The van der Waals surface area contributed by atoms with Crippen molar-refractivity contribution in [3.8, 4) is 5.75 Å². The van der Waals surface area contributed by atoms with Gasteiger partial charge in [-0.25, -0.2) is 0 Å². The highest BCUT2D eigenvalue weighted by Gasteiger charge is 2.36. The number of benzene rings is 1. The summed E-state index contributed by atoms with van der Waals surface area (Å²) in [5.74, 6) is 1.04. The Morgan fingerprint density at radius 2 is 1.91 bits per heavy atom. The smallest absolute Gasteiger partial charge is 0.219 e. The first-order valence-corrected chi connectivity index (χ1v) is 7.89. The Labute approximate surface area is 131 Å². The molecule has 1 aromatic rings. The van der Waals surface area contributed by atoms with E-state index in [2.05, 4.69) is 30.9 Å². The van der Waals surface area contributed by atoms with Crippen LogP contribution in [0.2, 0.25) is 0 Å². The van der Waals surface area contributed by atoms with E-state index in [0.29, 0.717) is 6.61 Å². The van der Waals surface area contributed by atoms with Crippen LogP contribution < -0.4 is 4.74 Å². The van der Waals surface area contributed by atoms with Crippen LogP contribution in [-0.4, -0.2) is 59.7 Å². The average molecular weight is 304 g/mol. The minimum atomic E-state index is -0.529. The van der Waals surface area contributed by atoms with E-state index >= 15 is 0 Å². The van der Waals surface area contributed by atoms with E-state index in [-0.39, 0.29) is 11.9 Å². The molecule has 22 heavy (non-hydrogen) atoms. The minimum absolute atomic E-state index is 0.0443. The third kappa shape index (κ3) is 2.59. The number of rotatable bonds is 1. The van der Waals surface area contributed by atoms with Crippen LogP contribution in [0.25, 0.3) is 0 Å². The second-order valence-electron chi connectivity index (χ2n) is 6.29. The van der Waals surface area contributed by atoms with Crippen molar-refractivity contribution in [1.29, 1.82) is 0 Å². The number of piperazine rings is 1. The average Bonchev–Trinajstić information content (AvgIpc) is 2.51. The van der Waals surface area contributed by atoms with Gasteiger partial charge in [-0.1, -0.05) is 12.1 Å². The van der Waals surface area contributed by atoms with Gasteiger partial charge in [-0.3, -0.25) is 9.69 Å². The maximum Gasteiger partial charge on any atom is 0.219 e. The number of hydrogen-bond donors (Lipinski definition) is 1. The molecule has 0 saturated carbocycles. The third-order valence-corrected chi connectivity index (χ3v) is 4.94. The Bertz CT molecular complexity index is 580. The molecule has 0 spiro atoms. The monoisotopic (exact) mass is 304 g/mol. The van der Waals surface area contributed by atoms with Gasteiger partial charge in [0.15, 0.2) is 0 Å². The molecule has 0 radical (unpaired) electrons. The first-order chi connectivity index (χ1) is 10.5. The summed E-state index contributed by atoms with van der Waals surface area (Å²) >= 11 is 0. The van der Waals surface area contributed by atoms with Crippen molar-refractivity contribution in [2.45, 2.75) is 32.9 Å². The minimum Gasteiger partial charge on any atom is -0.490 e. The van der Waals surface area contributed by atoms with Crippen LogP contribution in [0.1, 0.15) is 29.7 Å². The SMILES string of the molecule is CC(=O)N1CCN(C2c3ccc(C)c(C)c3OCC2O)CC1. The van der Waals surface area contributed by atoms with Crippen molar-refractivity contribution in [2.75, 3.05) is 32.8 Å². The van der Waals surface area contributed by atoms with Gasteiger partial charge in [-0.15, -0.1) is 0 Å². The summed E-state index contributed by atoms with van der Waals surface area (Å²) in [6.45, 7) is 9.09. The fraction of sp³-hybridized carbons (Fsp3) is 0.588. The summed E-state index contributed by atoms with van der Waals surface area (Å²) in [6.07, 6.45) is -0.529. The number of carbonyl (C=O) groups is 1. The molecule has 5 heteroatoms. The third-order valence-electron chi connectivity index (χ3n) is 4.94. The molecule has 2 heterocycles. The van der Waals surface area contributed by atoms with Crippen molar-refractivity contribution in [1.82, 2.24) is 9.80 Å². The zero-order valence-corrected chi connectivity index (χ0v) is 13.5. The molecular weight excluding hydrogens is 280 g/mol. The number of amides is 1. The van der Waals surface area contributed by atoms with Crippen molar-refractivity contribution < 1.29 is 14.6 Å². The molecule has 0 aromatic heterocycles. The summed E-state index contributed by atoms with van der Waals surface area (Å²) in [7, 11) is 0. The van der Waals surface area contributed by atoms with Gasteiger partial charge in [0, 0.05) is 38.7 Å². The van der Waals surface area contributed by atoms with Crippen LogP contribution in [0, 0.1) is 13.8 Å².